The molecule has 0 saturated heterocycles. The number of rotatable bonds is 13. The second-order valence-electron chi connectivity index (χ2n) is 6.88. The number of unbranched alkanes of at least 4 members (excludes halogenated alkanes) is 9. The second kappa shape index (κ2) is 11.9. The molecule has 0 aromatic rings. The first-order valence-corrected chi connectivity index (χ1v) is 9.48. The Bertz CT molecular complexity index is 213. The van der Waals surface area contributed by atoms with Crippen LogP contribution in [-0.4, -0.2) is 30.4 Å². The van der Waals surface area contributed by atoms with Crippen LogP contribution in [0.25, 0.3) is 0 Å². The van der Waals surface area contributed by atoms with Crippen LogP contribution in [0.4, 0.5) is 0 Å². The largest absolute Gasteiger partial charge is 0.306 e. The summed E-state index contributed by atoms with van der Waals surface area (Å²) < 4.78 is 0. The van der Waals surface area contributed by atoms with Crippen LogP contribution in [0.3, 0.4) is 0 Å². The van der Waals surface area contributed by atoms with Gasteiger partial charge in [-0.15, -0.1) is 11.6 Å². The van der Waals surface area contributed by atoms with Crippen molar-refractivity contribution >= 4 is 11.6 Å². The lowest BCUT2D eigenvalue weighted by Crippen LogP contribution is -2.35. The average Bonchev–Trinajstić information content (AvgIpc) is 2.39. The minimum atomic E-state index is 0.478. The number of halogens is 1. The van der Waals surface area contributed by atoms with Gasteiger partial charge in [0, 0.05) is 11.9 Å². The number of alkyl halides is 1. The minimum Gasteiger partial charge on any atom is -0.306 e. The number of hydrogen-bond donors (Lipinski definition) is 0. The Labute approximate surface area is 132 Å². The van der Waals surface area contributed by atoms with Gasteiger partial charge >= 0.3 is 0 Å². The lowest BCUT2D eigenvalue weighted by atomic mass is 9.84. The normalized spacial score (nSPS) is 22.2. The van der Waals surface area contributed by atoms with E-state index in [0.29, 0.717) is 5.38 Å². The molecule has 0 heterocycles. The van der Waals surface area contributed by atoms with Gasteiger partial charge < -0.3 is 4.90 Å². The van der Waals surface area contributed by atoms with E-state index >= 15 is 0 Å². The molecular weight excluding hydrogens is 266 g/mol. The Morgan fingerprint density at radius 2 is 1.35 bits per heavy atom. The predicted molar refractivity (Wildman–Crippen MR) is 91.7 cm³/mol. The van der Waals surface area contributed by atoms with E-state index in [2.05, 4.69) is 18.9 Å². The zero-order valence-corrected chi connectivity index (χ0v) is 14.6. The third-order valence-corrected chi connectivity index (χ3v) is 5.00. The summed E-state index contributed by atoms with van der Waals surface area (Å²) in [4.78, 5) is 2.51. The molecule has 1 nitrogen and oxygen atoms in total. The van der Waals surface area contributed by atoms with Gasteiger partial charge in [-0.2, -0.15) is 0 Å². The first-order valence-electron chi connectivity index (χ1n) is 9.05. The van der Waals surface area contributed by atoms with Gasteiger partial charge in [0.1, 0.15) is 0 Å². The van der Waals surface area contributed by atoms with Crippen LogP contribution in [0.1, 0.15) is 84.0 Å². The van der Waals surface area contributed by atoms with Gasteiger partial charge in [0.2, 0.25) is 0 Å². The molecule has 0 aliphatic heterocycles. The van der Waals surface area contributed by atoms with Crippen molar-refractivity contribution < 1.29 is 0 Å². The highest BCUT2D eigenvalue weighted by atomic mass is 35.5. The third kappa shape index (κ3) is 9.23. The maximum atomic E-state index is 6.02. The molecule has 0 N–H and O–H groups in total. The quantitative estimate of drug-likeness (QED) is 0.304. The molecule has 0 spiro atoms. The molecule has 120 valence electrons. The number of hydrogen-bond acceptors (Lipinski definition) is 1. The van der Waals surface area contributed by atoms with Gasteiger partial charge in [0.25, 0.3) is 0 Å². The zero-order chi connectivity index (χ0) is 14.6. The summed E-state index contributed by atoms with van der Waals surface area (Å²) >= 11 is 6.02. The lowest BCUT2D eigenvalue weighted by Gasteiger charge is -2.34. The molecule has 0 amide bonds. The summed E-state index contributed by atoms with van der Waals surface area (Å²) in [6, 6.07) is 0. The molecule has 1 aliphatic carbocycles. The molecular formula is C18H36ClN. The van der Waals surface area contributed by atoms with Crippen molar-refractivity contribution in [3.8, 4) is 0 Å². The fraction of sp³-hybridized carbons (Fsp3) is 1.00. The molecule has 1 fully saturated rings. The predicted octanol–water partition coefficient (Wildman–Crippen LogP) is 5.86. The van der Waals surface area contributed by atoms with E-state index in [-0.39, 0.29) is 0 Å². The maximum absolute atomic E-state index is 6.02. The van der Waals surface area contributed by atoms with Crippen molar-refractivity contribution in [3.63, 3.8) is 0 Å². The Balaban J connectivity index is 1.75. The molecule has 0 radical (unpaired) electrons. The van der Waals surface area contributed by atoms with E-state index in [1.165, 1.54) is 90.1 Å². The van der Waals surface area contributed by atoms with Crippen LogP contribution in [0, 0.1) is 5.92 Å². The third-order valence-electron chi connectivity index (χ3n) is 4.64. The SMILES string of the molecule is CCCCCCCCCCCCN(C)CC1CC(Cl)C1. The van der Waals surface area contributed by atoms with Gasteiger partial charge in [-0.25, -0.2) is 0 Å². The molecule has 0 atom stereocenters. The fourth-order valence-electron chi connectivity index (χ4n) is 3.20. The summed E-state index contributed by atoms with van der Waals surface area (Å²) in [6.45, 7) is 4.83. The Morgan fingerprint density at radius 1 is 0.850 bits per heavy atom. The Morgan fingerprint density at radius 3 is 1.85 bits per heavy atom. The van der Waals surface area contributed by atoms with Crippen molar-refractivity contribution in [1.29, 1.82) is 0 Å². The highest BCUT2D eigenvalue weighted by molar-refractivity contribution is 6.21. The van der Waals surface area contributed by atoms with Crippen LogP contribution < -0.4 is 0 Å². The highest BCUT2D eigenvalue weighted by Gasteiger charge is 2.27. The van der Waals surface area contributed by atoms with Gasteiger partial charge in [-0.3, -0.25) is 0 Å². The van der Waals surface area contributed by atoms with Crippen LogP contribution >= 0.6 is 11.6 Å². The summed E-state index contributed by atoms with van der Waals surface area (Å²) in [7, 11) is 2.27. The lowest BCUT2D eigenvalue weighted by molar-refractivity contribution is 0.206. The second-order valence-corrected chi connectivity index (χ2v) is 7.50. The zero-order valence-electron chi connectivity index (χ0n) is 13.9. The monoisotopic (exact) mass is 301 g/mol. The minimum absolute atomic E-state index is 0.478. The van der Waals surface area contributed by atoms with Crippen molar-refractivity contribution in [3.05, 3.63) is 0 Å². The molecule has 0 unspecified atom stereocenters. The summed E-state index contributed by atoms with van der Waals surface area (Å²) in [5, 5.41) is 0.478. The molecule has 2 heteroatoms. The standard InChI is InChI=1S/C18H36ClN/c1-3-4-5-6-7-8-9-10-11-12-13-20(2)16-17-14-18(19)15-17/h17-18H,3-16H2,1-2H3. The van der Waals surface area contributed by atoms with E-state index < -0.39 is 0 Å². The van der Waals surface area contributed by atoms with Gasteiger partial charge in [-0.1, -0.05) is 64.7 Å². The molecule has 0 aromatic carbocycles. The smallest absolute Gasteiger partial charge is 0.0342 e. The number of nitrogens with zero attached hydrogens (tertiary/aromatic N) is 1. The fourth-order valence-corrected chi connectivity index (χ4v) is 3.71. The summed E-state index contributed by atoms with van der Waals surface area (Å²) in [5.41, 5.74) is 0. The van der Waals surface area contributed by atoms with E-state index in [1.54, 1.807) is 0 Å². The van der Waals surface area contributed by atoms with Gasteiger partial charge in [0.05, 0.1) is 0 Å². The van der Waals surface area contributed by atoms with E-state index in [4.69, 9.17) is 11.6 Å². The molecule has 1 aliphatic rings. The molecule has 20 heavy (non-hydrogen) atoms. The highest BCUT2D eigenvalue weighted by Crippen LogP contribution is 2.32. The van der Waals surface area contributed by atoms with Crippen molar-refractivity contribution in [2.24, 2.45) is 5.92 Å². The van der Waals surface area contributed by atoms with Gasteiger partial charge in [0.15, 0.2) is 0 Å². The van der Waals surface area contributed by atoms with Crippen LogP contribution in [0.2, 0.25) is 0 Å². The van der Waals surface area contributed by atoms with E-state index in [1.807, 2.05) is 0 Å². The van der Waals surface area contributed by atoms with Crippen LogP contribution in [0.5, 0.6) is 0 Å². The first-order chi connectivity index (χ1) is 9.72. The molecule has 1 saturated carbocycles. The van der Waals surface area contributed by atoms with Crippen LogP contribution in [0.15, 0.2) is 0 Å². The molecule has 0 bridgehead atoms. The van der Waals surface area contributed by atoms with E-state index in [9.17, 15) is 0 Å². The van der Waals surface area contributed by atoms with Crippen molar-refractivity contribution in [2.75, 3.05) is 20.1 Å². The Kier molecular flexibility index (Phi) is 10.9. The summed E-state index contributed by atoms with van der Waals surface area (Å²) in [6.07, 6.45) is 16.8. The first kappa shape index (κ1) is 18.3. The topological polar surface area (TPSA) is 3.24 Å². The van der Waals surface area contributed by atoms with Crippen molar-refractivity contribution in [2.45, 2.75) is 89.4 Å². The van der Waals surface area contributed by atoms with Gasteiger partial charge in [-0.05, 0) is 38.8 Å². The maximum Gasteiger partial charge on any atom is 0.0342 e. The van der Waals surface area contributed by atoms with E-state index in [0.717, 1.165) is 5.92 Å². The van der Waals surface area contributed by atoms with Crippen LogP contribution in [-0.2, 0) is 0 Å². The molecule has 0 aromatic heterocycles. The Hall–Kier alpha value is 0.250. The average molecular weight is 302 g/mol. The summed E-state index contributed by atoms with van der Waals surface area (Å²) in [5.74, 6) is 0.880. The molecule has 1 rings (SSSR count). The van der Waals surface area contributed by atoms with Crippen molar-refractivity contribution in [1.82, 2.24) is 4.90 Å².